The average molecular weight is 429 g/mol. The van der Waals surface area contributed by atoms with E-state index >= 15 is 0 Å². The molecule has 1 aromatic heterocycles. The Morgan fingerprint density at radius 2 is 1.92 bits per heavy atom. The highest BCUT2D eigenvalue weighted by atomic mass is 79.9. The predicted molar refractivity (Wildman–Crippen MR) is 98.4 cm³/mol. The Labute approximate surface area is 156 Å². The highest BCUT2D eigenvalue weighted by molar-refractivity contribution is 9.10. The topological polar surface area (TPSA) is 88.4 Å². The summed E-state index contributed by atoms with van der Waals surface area (Å²) in [5, 5.41) is 2.83. The summed E-state index contributed by atoms with van der Waals surface area (Å²) in [5.74, 6) is 0.147. The van der Waals surface area contributed by atoms with Crippen molar-refractivity contribution in [3.05, 3.63) is 52.9 Å². The third-order valence-electron chi connectivity index (χ3n) is 3.72. The lowest BCUT2D eigenvalue weighted by molar-refractivity contribution is -0.122. The SMILES string of the molecule is CCC(C)NC(=O)CC(NS(=O)(=O)c1ccc(Br)cc1)c1ccco1. The fourth-order valence-corrected chi connectivity index (χ4v) is 3.65. The Morgan fingerprint density at radius 3 is 2.48 bits per heavy atom. The average Bonchev–Trinajstić information content (AvgIpc) is 3.08. The molecule has 1 amide bonds. The van der Waals surface area contributed by atoms with Crippen molar-refractivity contribution in [3.63, 3.8) is 0 Å². The number of nitrogens with one attached hydrogen (secondary N) is 2. The van der Waals surface area contributed by atoms with E-state index in [9.17, 15) is 13.2 Å². The van der Waals surface area contributed by atoms with Crippen LogP contribution in [0.2, 0.25) is 0 Å². The van der Waals surface area contributed by atoms with Crippen LogP contribution >= 0.6 is 15.9 Å². The van der Waals surface area contributed by atoms with Gasteiger partial charge in [-0.3, -0.25) is 4.79 Å². The smallest absolute Gasteiger partial charge is 0.241 e. The Balaban J connectivity index is 2.19. The lowest BCUT2D eigenvalue weighted by atomic mass is 10.1. The molecule has 2 unspecified atom stereocenters. The van der Waals surface area contributed by atoms with Gasteiger partial charge in [0.15, 0.2) is 0 Å². The highest BCUT2D eigenvalue weighted by Gasteiger charge is 2.26. The Bertz CT molecular complexity index is 789. The minimum absolute atomic E-state index is 0.0211. The molecule has 0 saturated heterocycles. The number of hydrogen-bond acceptors (Lipinski definition) is 4. The molecule has 1 aromatic carbocycles. The summed E-state index contributed by atoms with van der Waals surface area (Å²) in [7, 11) is -3.79. The van der Waals surface area contributed by atoms with Crippen molar-refractivity contribution < 1.29 is 17.6 Å². The van der Waals surface area contributed by atoms with E-state index < -0.39 is 16.1 Å². The molecule has 0 fully saturated rings. The van der Waals surface area contributed by atoms with Crippen molar-refractivity contribution in [2.24, 2.45) is 0 Å². The van der Waals surface area contributed by atoms with Gasteiger partial charge in [0.2, 0.25) is 15.9 Å². The van der Waals surface area contributed by atoms with Gasteiger partial charge in [0, 0.05) is 10.5 Å². The van der Waals surface area contributed by atoms with E-state index in [-0.39, 0.29) is 23.3 Å². The zero-order valence-electron chi connectivity index (χ0n) is 14.0. The molecule has 8 heteroatoms. The van der Waals surface area contributed by atoms with Crippen LogP contribution in [-0.2, 0) is 14.8 Å². The van der Waals surface area contributed by atoms with Gasteiger partial charge in [-0.25, -0.2) is 8.42 Å². The molecule has 0 aliphatic carbocycles. The Morgan fingerprint density at radius 1 is 1.24 bits per heavy atom. The van der Waals surface area contributed by atoms with E-state index in [2.05, 4.69) is 26.0 Å². The van der Waals surface area contributed by atoms with E-state index in [1.807, 2.05) is 13.8 Å². The molecule has 2 aromatic rings. The molecule has 1 heterocycles. The maximum atomic E-state index is 12.6. The normalized spacial score (nSPS) is 14.0. The number of sulfonamides is 1. The van der Waals surface area contributed by atoms with E-state index in [1.54, 1.807) is 24.3 Å². The van der Waals surface area contributed by atoms with Gasteiger partial charge in [-0.05, 0) is 49.7 Å². The number of halogens is 1. The van der Waals surface area contributed by atoms with Crippen LogP contribution in [0, 0.1) is 0 Å². The summed E-state index contributed by atoms with van der Waals surface area (Å²) < 4.78 is 33.9. The van der Waals surface area contributed by atoms with Gasteiger partial charge in [-0.15, -0.1) is 0 Å². The Kier molecular flexibility index (Phi) is 6.80. The Hall–Kier alpha value is -1.64. The van der Waals surface area contributed by atoms with E-state index in [0.29, 0.717) is 5.76 Å². The summed E-state index contributed by atoms with van der Waals surface area (Å²) in [6.45, 7) is 3.86. The molecule has 0 aliphatic heterocycles. The zero-order chi connectivity index (χ0) is 18.4. The molecule has 0 bridgehead atoms. The van der Waals surface area contributed by atoms with Crippen LogP contribution in [0.15, 0.2) is 56.4 Å². The predicted octanol–water partition coefficient (Wildman–Crippen LogP) is 3.37. The number of furan rings is 1. The second-order valence-corrected chi connectivity index (χ2v) is 8.35. The first-order chi connectivity index (χ1) is 11.8. The van der Waals surface area contributed by atoms with Crippen LogP contribution in [0.5, 0.6) is 0 Å². The summed E-state index contributed by atoms with van der Waals surface area (Å²) >= 11 is 3.27. The fourth-order valence-electron chi connectivity index (χ4n) is 2.18. The van der Waals surface area contributed by atoms with E-state index in [1.165, 1.54) is 18.4 Å². The van der Waals surface area contributed by atoms with Crippen LogP contribution in [0.25, 0.3) is 0 Å². The quantitative estimate of drug-likeness (QED) is 0.674. The lowest BCUT2D eigenvalue weighted by Gasteiger charge is -2.18. The molecule has 25 heavy (non-hydrogen) atoms. The maximum absolute atomic E-state index is 12.6. The van der Waals surface area contributed by atoms with Crippen molar-refractivity contribution in [2.45, 2.75) is 43.7 Å². The molecular weight excluding hydrogens is 408 g/mol. The monoisotopic (exact) mass is 428 g/mol. The lowest BCUT2D eigenvalue weighted by Crippen LogP contribution is -2.37. The van der Waals surface area contributed by atoms with Gasteiger partial charge in [0.05, 0.1) is 23.6 Å². The zero-order valence-corrected chi connectivity index (χ0v) is 16.4. The first-order valence-corrected chi connectivity index (χ1v) is 10.2. The summed E-state index contributed by atoms with van der Waals surface area (Å²) in [6.07, 6.45) is 2.19. The van der Waals surface area contributed by atoms with Crippen molar-refractivity contribution in [2.75, 3.05) is 0 Å². The largest absolute Gasteiger partial charge is 0.468 e. The van der Waals surface area contributed by atoms with Gasteiger partial charge in [-0.2, -0.15) is 4.72 Å². The highest BCUT2D eigenvalue weighted by Crippen LogP contribution is 2.22. The molecule has 136 valence electrons. The van der Waals surface area contributed by atoms with Gasteiger partial charge >= 0.3 is 0 Å². The number of benzene rings is 1. The molecule has 0 radical (unpaired) electrons. The first-order valence-electron chi connectivity index (χ1n) is 7.92. The standard InChI is InChI=1S/C17H21BrN2O4S/c1-3-12(2)19-17(21)11-15(16-5-4-10-24-16)20-25(22,23)14-8-6-13(18)7-9-14/h4-10,12,15,20H,3,11H2,1-2H3,(H,19,21). The molecular formula is C17H21BrN2O4S. The summed E-state index contributed by atoms with van der Waals surface area (Å²) in [6, 6.07) is 8.81. The second-order valence-electron chi connectivity index (χ2n) is 5.72. The van der Waals surface area contributed by atoms with Crippen LogP contribution in [-0.4, -0.2) is 20.4 Å². The number of rotatable bonds is 8. The van der Waals surface area contributed by atoms with Crippen LogP contribution in [0.3, 0.4) is 0 Å². The number of amides is 1. The molecule has 2 atom stereocenters. The van der Waals surface area contributed by atoms with Gasteiger partial charge in [-0.1, -0.05) is 22.9 Å². The van der Waals surface area contributed by atoms with Crippen molar-refractivity contribution >= 4 is 31.9 Å². The number of carbonyl (C=O) groups excluding carboxylic acids is 1. The van der Waals surface area contributed by atoms with E-state index in [4.69, 9.17) is 4.42 Å². The van der Waals surface area contributed by atoms with Crippen LogP contribution < -0.4 is 10.0 Å². The van der Waals surface area contributed by atoms with Crippen molar-refractivity contribution in [3.8, 4) is 0 Å². The molecule has 2 N–H and O–H groups in total. The molecule has 0 saturated carbocycles. The van der Waals surface area contributed by atoms with E-state index in [0.717, 1.165) is 10.9 Å². The third kappa shape index (κ3) is 5.69. The fraction of sp³-hybridized carbons (Fsp3) is 0.353. The molecule has 0 aliphatic rings. The maximum Gasteiger partial charge on any atom is 0.241 e. The molecule has 2 rings (SSSR count). The molecule has 0 spiro atoms. The van der Waals surface area contributed by atoms with Crippen molar-refractivity contribution in [1.29, 1.82) is 0 Å². The van der Waals surface area contributed by atoms with Crippen LogP contribution in [0.4, 0.5) is 0 Å². The van der Waals surface area contributed by atoms with Gasteiger partial charge < -0.3 is 9.73 Å². The number of carbonyl (C=O) groups is 1. The third-order valence-corrected chi connectivity index (χ3v) is 5.73. The molecule has 6 nitrogen and oxygen atoms in total. The first kappa shape index (κ1) is 19.7. The minimum atomic E-state index is -3.79. The summed E-state index contributed by atoms with van der Waals surface area (Å²) in [5.41, 5.74) is 0. The van der Waals surface area contributed by atoms with Gasteiger partial charge in [0.1, 0.15) is 5.76 Å². The summed E-state index contributed by atoms with van der Waals surface area (Å²) in [4.78, 5) is 12.3. The van der Waals surface area contributed by atoms with Crippen LogP contribution in [0.1, 0.15) is 38.5 Å². The number of hydrogen-bond donors (Lipinski definition) is 2. The van der Waals surface area contributed by atoms with Crippen molar-refractivity contribution in [1.82, 2.24) is 10.0 Å². The minimum Gasteiger partial charge on any atom is -0.468 e. The second kappa shape index (κ2) is 8.64. The van der Waals surface area contributed by atoms with Gasteiger partial charge in [0.25, 0.3) is 0 Å².